The number of piperazine rings is 1. The highest BCUT2D eigenvalue weighted by molar-refractivity contribution is 5.79. The van der Waals surface area contributed by atoms with E-state index >= 15 is 0 Å². The molecule has 0 aliphatic carbocycles. The van der Waals surface area contributed by atoms with E-state index in [1.807, 2.05) is 17.0 Å². The molecule has 1 fully saturated rings. The highest BCUT2D eigenvalue weighted by atomic mass is 16.2. The fraction of sp³-hybridized carbons (Fsp3) is 0.500. The minimum atomic E-state index is 0.196. The molecule has 86 valence electrons. The quantitative estimate of drug-likeness (QED) is 0.785. The number of aromatic nitrogens is 1. The van der Waals surface area contributed by atoms with Crippen LogP contribution in [0.4, 0.5) is 0 Å². The fourth-order valence-corrected chi connectivity index (χ4v) is 1.99. The molecule has 1 aromatic heterocycles. The van der Waals surface area contributed by atoms with E-state index in [-0.39, 0.29) is 11.9 Å². The summed E-state index contributed by atoms with van der Waals surface area (Å²) in [6.07, 6.45) is 3.93. The van der Waals surface area contributed by atoms with E-state index in [1.165, 1.54) is 0 Å². The Morgan fingerprint density at radius 2 is 2.56 bits per heavy atom. The van der Waals surface area contributed by atoms with Crippen LogP contribution in [0.5, 0.6) is 0 Å². The van der Waals surface area contributed by atoms with Gasteiger partial charge in [0, 0.05) is 38.1 Å². The molecular formula is C12H17N3O. The van der Waals surface area contributed by atoms with Crippen LogP contribution in [0.1, 0.15) is 12.5 Å². The Balaban J connectivity index is 1.97. The highest BCUT2D eigenvalue weighted by Crippen LogP contribution is 2.07. The highest BCUT2D eigenvalue weighted by Gasteiger charge is 2.22. The molecule has 1 aliphatic rings. The van der Waals surface area contributed by atoms with Gasteiger partial charge in [-0.1, -0.05) is 6.07 Å². The molecule has 4 nitrogen and oxygen atoms in total. The summed E-state index contributed by atoms with van der Waals surface area (Å²) in [6, 6.07) is 4.10. The first-order valence-electron chi connectivity index (χ1n) is 5.66. The minimum Gasteiger partial charge on any atom is -0.337 e. The van der Waals surface area contributed by atoms with Crippen LogP contribution in [-0.4, -0.2) is 41.5 Å². The zero-order valence-corrected chi connectivity index (χ0v) is 9.52. The molecule has 1 amide bonds. The van der Waals surface area contributed by atoms with E-state index in [0.29, 0.717) is 6.42 Å². The summed E-state index contributed by atoms with van der Waals surface area (Å²) in [5, 5.41) is 3.28. The maximum absolute atomic E-state index is 12.0. The second-order valence-electron chi connectivity index (χ2n) is 4.18. The van der Waals surface area contributed by atoms with Gasteiger partial charge >= 0.3 is 0 Å². The molecule has 0 bridgehead atoms. The second-order valence-corrected chi connectivity index (χ2v) is 4.18. The van der Waals surface area contributed by atoms with Gasteiger partial charge in [-0.05, 0) is 18.6 Å². The van der Waals surface area contributed by atoms with Crippen LogP contribution in [0.2, 0.25) is 0 Å². The van der Waals surface area contributed by atoms with Crippen LogP contribution in [0.3, 0.4) is 0 Å². The minimum absolute atomic E-state index is 0.196. The van der Waals surface area contributed by atoms with Crippen LogP contribution in [-0.2, 0) is 11.2 Å². The Kier molecular flexibility index (Phi) is 3.51. The molecule has 0 saturated carbocycles. The van der Waals surface area contributed by atoms with Gasteiger partial charge in [0.15, 0.2) is 0 Å². The molecule has 1 N–H and O–H groups in total. The maximum Gasteiger partial charge on any atom is 0.227 e. The van der Waals surface area contributed by atoms with E-state index < -0.39 is 0 Å². The molecule has 16 heavy (non-hydrogen) atoms. The third kappa shape index (κ3) is 2.58. The van der Waals surface area contributed by atoms with E-state index in [0.717, 1.165) is 25.2 Å². The molecule has 1 aliphatic heterocycles. The lowest BCUT2D eigenvalue weighted by Gasteiger charge is -2.34. The van der Waals surface area contributed by atoms with Crippen LogP contribution in [0.15, 0.2) is 24.5 Å². The predicted molar refractivity (Wildman–Crippen MR) is 62.0 cm³/mol. The molecule has 0 radical (unpaired) electrons. The Morgan fingerprint density at radius 3 is 3.25 bits per heavy atom. The third-order valence-corrected chi connectivity index (χ3v) is 2.90. The van der Waals surface area contributed by atoms with Gasteiger partial charge in [-0.25, -0.2) is 0 Å². The summed E-state index contributed by atoms with van der Waals surface area (Å²) < 4.78 is 0. The second kappa shape index (κ2) is 5.07. The van der Waals surface area contributed by atoms with E-state index in [4.69, 9.17) is 0 Å². The van der Waals surface area contributed by atoms with Crippen LogP contribution in [0.25, 0.3) is 0 Å². The molecule has 4 heteroatoms. The average Bonchev–Trinajstić information content (AvgIpc) is 2.31. The van der Waals surface area contributed by atoms with Crippen LogP contribution < -0.4 is 5.32 Å². The van der Waals surface area contributed by atoms with Crippen molar-refractivity contribution in [2.45, 2.75) is 19.4 Å². The van der Waals surface area contributed by atoms with Crippen molar-refractivity contribution in [2.75, 3.05) is 19.6 Å². The van der Waals surface area contributed by atoms with Gasteiger partial charge in [0.1, 0.15) is 0 Å². The van der Waals surface area contributed by atoms with Crippen LogP contribution >= 0.6 is 0 Å². The van der Waals surface area contributed by atoms with Crippen molar-refractivity contribution in [2.24, 2.45) is 0 Å². The lowest BCUT2D eigenvalue weighted by Crippen LogP contribution is -2.52. The largest absolute Gasteiger partial charge is 0.337 e. The average molecular weight is 219 g/mol. The lowest BCUT2D eigenvalue weighted by atomic mass is 10.1. The lowest BCUT2D eigenvalue weighted by molar-refractivity contribution is -0.133. The van der Waals surface area contributed by atoms with Gasteiger partial charge in [-0.2, -0.15) is 0 Å². The molecule has 1 unspecified atom stereocenters. The number of amides is 1. The van der Waals surface area contributed by atoms with E-state index in [9.17, 15) is 4.79 Å². The molecule has 0 spiro atoms. The number of carbonyl (C=O) groups excluding carboxylic acids is 1. The molecule has 1 aromatic rings. The number of hydrogen-bond donors (Lipinski definition) is 1. The number of nitrogens with one attached hydrogen (secondary N) is 1. The number of nitrogens with zero attached hydrogens (tertiary/aromatic N) is 2. The fourth-order valence-electron chi connectivity index (χ4n) is 1.99. The Bertz CT molecular complexity index is 353. The molecule has 2 heterocycles. The monoisotopic (exact) mass is 219 g/mol. The van der Waals surface area contributed by atoms with E-state index in [1.54, 1.807) is 12.4 Å². The molecule has 1 saturated heterocycles. The third-order valence-electron chi connectivity index (χ3n) is 2.90. The molecule has 0 aromatic carbocycles. The first kappa shape index (κ1) is 11.1. The van der Waals surface area contributed by atoms with Crippen molar-refractivity contribution >= 4 is 5.91 Å². The van der Waals surface area contributed by atoms with Crippen molar-refractivity contribution in [1.82, 2.24) is 15.2 Å². The topological polar surface area (TPSA) is 45.2 Å². The van der Waals surface area contributed by atoms with Crippen molar-refractivity contribution in [1.29, 1.82) is 0 Å². The van der Waals surface area contributed by atoms with Gasteiger partial charge in [-0.3, -0.25) is 9.78 Å². The summed E-state index contributed by atoms with van der Waals surface area (Å²) in [6.45, 7) is 4.66. The Hall–Kier alpha value is -1.42. The SMILES string of the molecule is CC1CNCCN1C(=O)Cc1cccnc1. The normalized spacial score (nSPS) is 20.8. The summed E-state index contributed by atoms with van der Waals surface area (Å²) in [5.74, 6) is 0.196. The summed E-state index contributed by atoms with van der Waals surface area (Å²) in [5.41, 5.74) is 0.984. The maximum atomic E-state index is 12.0. The standard InChI is InChI=1S/C12H17N3O/c1-10-8-14-5-6-15(10)12(16)7-11-3-2-4-13-9-11/h2-4,9-10,14H,5-8H2,1H3. The van der Waals surface area contributed by atoms with Gasteiger partial charge in [0.2, 0.25) is 5.91 Å². The predicted octanol–water partition coefficient (Wildman–Crippen LogP) is 0.444. The van der Waals surface area contributed by atoms with Gasteiger partial charge < -0.3 is 10.2 Å². The van der Waals surface area contributed by atoms with Crippen molar-refractivity contribution in [3.8, 4) is 0 Å². The summed E-state index contributed by atoms with van der Waals surface area (Å²) >= 11 is 0. The van der Waals surface area contributed by atoms with Crippen molar-refractivity contribution in [3.63, 3.8) is 0 Å². The molecule has 2 rings (SSSR count). The number of carbonyl (C=O) groups is 1. The van der Waals surface area contributed by atoms with E-state index in [2.05, 4.69) is 17.2 Å². The Morgan fingerprint density at radius 1 is 1.69 bits per heavy atom. The molecular weight excluding hydrogens is 202 g/mol. The Labute approximate surface area is 95.7 Å². The zero-order chi connectivity index (χ0) is 11.4. The number of hydrogen-bond acceptors (Lipinski definition) is 3. The van der Waals surface area contributed by atoms with Gasteiger partial charge in [0.25, 0.3) is 0 Å². The van der Waals surface area contributed by atoms with Crippen molar-refractivity contribution in [3.05, 3.63) is 30.1 Å². The smallest absolute Gasteiger partial charge is 0.227 e. The summed E-state index contributed by atoms with van der Waals surface area (Å²) in [7, 11) is 0. The zero-order valence-electron chi connectivity index (χ0n) is 9.52. The molecule has 1 atom stereocenters. The first-order chi connectivity index (χ1) is 7.77. The van der Waals surface area contributed by atoms with Gasteiger partial charge in [-0.15, -0.1) is 0 Å². The summed E-state index contributed by atoms with van der Waals surface area (Å²) in [4.78, 5) is 18.0. The number of pyridine rings is 1. The first-order valence-corrected chi connectivity index (χ1v) is 5.66. The number of rotatable bonds is 2. The van der Waals surface area contributed by atoms with Gasteiger partial charge in [0.05, 0.1) is 6.42 Å². The van der Waals surface area contributed by atoms with Crippen LogP contribution in [0, 0.1) is 0 Å². The van der Waals surface area contributed by atoms with Crippen molar-refractivity contribution < 1.29 is 4.79 Å².